The van der Waals surface area contributed by atoms with Gasteiger partial charge in [0.2, 0.25) is 0 Å². The molecule has 6 nitrogen and oxygen atoms in total. The van der Waals surface area contributed by atoms with Gasteiger partial charge in [-0.15, -0.1) is 0 Å². The second-order valence-corrected chi connectivity index (χ2v) is 22.0. The molecule has 0 aliphatic rings. The van der Waals surface area contributed by atoms with E-state index in [1.807, 2.05) is 0 Å². The van der Waals surface area contributed by atoms with Gasteiger partial charge >= 0.3 is 17.9 Å². The molecule has 0 saturated heterocycles. The zero-order valence-electron chi connectivity index (χ0n) is 53.2. The lowest BCUT2D eigenvalue weighted by Crippen LogP contribution is -2.30. The van der Waals surface area contributed by atoms with Crippen molar-refractivity contribution in [3.8, 4) is 0 Å². The van der Waals surface area contributed by atoms with Crippen molar-refractivity contribution in [2.75, 3.05) is 13.2 Å². The fourth-order valence-corrected chi connectivity index (χ4v) is 9.10. The van der Waals surface area contributed by atoms with Crippen LogP contribution in [-0.4, -0.2) is 37.2 Å². The molecular weight excluding hydrogens is 1010 g/mol. The summed E-state index contributed by atoms with van der Waals surface area (Å²) in [5.74, 6) is -0.915. The lowest BCUT2D eigenvalue weighted by Gasteiger charge is -2.18. The van der Waals surface area contributed by atoms with Crippen LogP contribution < -0.4 is 0 Å². The maximum absolute atomic E-state index is 12.9. The molecule has 0 rings (SSSR count). The Hall–Kier alpha value is -4.71. The van der Waals surface area contributed by atoms with Gasteiger partial charge in [0.05, 0.1) is 0 Å². The minimum absolute atomic E-state index is 0.0889. The minimum atomic E-state index is -0.795. The average molecular weight is 1130 g/mol. The number of hydrogen-bond donors (Lipinski definition) is 0. The van der Waals surface area contributed by atoms with E-state index in [-0.39, 0.29) is 31.1 Å². The first-order chi connectivity index (χ1) is 40.5. The molecule has 0 saturated carbocycles. The van der Waals surface area contributed by atoms with E-state index in [0.29, 0.717) is 19.3 Å². The van der Waals surface area contributed by atoms with Crippen LogP contribution in [0.1, 0.15) is 297 Å². The molecule has 0 bridgehead atoms. The highest BCUT2D eigenvalue weighted by atomic mass is 16.6. The Labute approximate surface area is 506 Å². The van der Waals surface area contributed by atoms with Gasteiger partial charge in [-0.3, -0.25) is 14.4 Å². The van der Waals surface area contributed by atoms with Crippen molar-refractivity contribution in [3.63, 3.8) is 0 Å². The molecule has 6 heteroatoms. The normalized spacial score (nSPS) is 13.1. The number of hydrogen-bond acceptors (Lipinski definition) is 6. The van der Waals surface area contributed by atoms with Crippen molar-refractivity contribution in [1.29, 1.82) is 0 Å². The zero-order chi connectivity index (χ0) is 59.2. The molecule has 0 aromatic heterocycles. The summed E-state index contributed by atoms with van der Waals surface area (Å²) < 4.78 is 16.9. The number of esters is 3. The van der Waals surface area contributed by atoms with Gasteiger partial charge in [-0.05, 0) is 122 Å². The molecule has 0 N–H and O–H groups in total. The molecular formula is C76H124O6. The number of carbonyl (C=O) groups excluding carboxylic acids is 3. The Morgan fingerprint density at radius 3 is 0.744 bits per heavy atom. The number of allylic oxidation sites excluding steroid dienone is 24. The van der Waals surface area contributed by atoms with E-state index in [1.54, 1.807) is 0 Å². The van der Waals surface area contributed by atoms with Crippen LogP contribution in [0.3, 0.4) is 0 Å². The van der Waals surface area contributed by atoms with Crippen LogP contribution in [0.4, 0.5) is 0 Å². The third-order valence-corrected chi connectivity index (χ3v) is 14.1. The quantitative estimate of drug-likeness (QED) is 0.0261. The predicted molar refractivity (Wildman–Crippen MR) is 357 cm³/mol. The zero-order valence-corrected chi connectivity index (χ0v) is 53.2. The van der Waals surface area contributed by atoms with E-state index >= 15 is 0 Å². The van der Waals surface area contributed by atoms with Crippen LogP contribution in [0.25, 0.3) is 0 Å². The first-order valence-electron chi connectivity index (χ1n) is 33.8. The lowest BCUT2D eigenvalue weighted by atomic mass is 10.0. The summed E-state index contributed by atoms with van der Waals surface area (Å²) in [5, 5.41) is 0. The van der Waals surface area contributed by atoms with Crippen LogP contribution in [0.2, 0.25) is 0 Å². The largest absolute Gasteiger partial charge is 0.462 e. The Morgan fingerprint density at radius 2 is 0.476 bits per heavy atom. The van der Waals surface area contributed by atoms with Crippen LogP contribution in [0.15, 0.2) is 146 Å². The molecule has 0 spiro atoms. The first-order valence-corrected chi connectivity index (χ1v) is 33.8. The van der Waals surface area contributed by atoms with Gasteiger partial charge in [0, 0.05) is 19.3 Å². The molecule has 1 unspecified atom stereocenters. The van der Waals surface area contributed by atoms with Crippen LogP contribution in [-0.2, 0) is 28.6 Å². The molecule has 0 aliphatic heterocycles. The minimum Gasteiger partial charge on any atom is -0.462 e. The van der Waals surface area contributed by atoms with Gasteiger partial charge in [-0.25, -0.2) is 0 Å². The topological polar surface area (TPSA) is 78.9 Å². The summed E-state index contributed by atoms with van der Waals surface area (Å²) in [7, 11) is 0. The third-order valence-electron chi connectivity index (χ3n) is 14.1. The Morgan fingerprint density at radius 1 is 0.256 bits per heavy atom. The molecule has 1 atom stereocenters. The highest BCUT2D eigenvalue weighted by Gasteiger charge is 2.19. The summed E-state index contributed by atoms with van der Waals surface area (Å²) in [4.78, 5) is 38.3. The van der Waals surface area contributed by atoms with Crippen molar-refractivity contribution in [1.82, 2.24) is 0 Å². The molecule has 0 fully saturated rings. The summed E-state index contributed by atoms with van der Waals surface area (Å²) in [6, 6.07) is 0. The van der Waals surface area contributed by atoms with E-state index in [4.69, 9.17) is 14.2 Å². The standard InChI is InChI=1S/C76H124O6/c1-4-7-10-13-16-19-22-24-26-28-30-32-34-36-37-38-39-41-42-44-46-48-50-52-54-57-60-63-66-69-75(78)81-72-73(71-80-74(77)68-65-62-59-56-21-18-15-12-9-6-3)82-76(79)70-67-64-61-58-55-53-51-49-47-45-43-40-35-33-31-29-27-25-23-20-17-14-11-8-5-2/h7-8,10-11,16-17,19-20,24-27,30-33,36-37,39,41,44,46,50,52,73H,4-6,9,12-15,18,21-23,28-29,34-35,38,40,42-43,45,47-49,51,53-72H2,1-3H3/b10-7-,11-8-,19-16-,20-17-,26-24-,27-25-,32-30-,33-31-,37-36-,41-39-,46-44-,52-50-. The molecule has 0 aromatic rings. The van der Waals surface area contributed by atoms with Crippen molar-refractivity contribution < 1.29 is 28.6 Å². The van der Waals surface area contributed by atoms with Gasteiger partial charge in [-0.2, -0.15) is 0 Å². The van der Waals surface area contributed by atoms with E-state index in [2.05, 4.69) is 167 Å². The molecule has 0 heterocycles. The van der Waals surface area contributed by atoms with Gasteiger partial charge < -0.3 is 14.2 Å². The molecule has 0 amide bonds. The SMILES string of the molecule is CC/C=C\C/C=C\C/C=C\C/C=C\C/C=C\C/C=C\C/C=C\C/C=C\CCCCCCC(=O)OCC(COC(=O)CCCCCCCCCCCC)OC(=O)CCCCCCCCCCCCCC/C=C\C/C=C\C/C=C\C/C=C\CC. The maximum Gasteiger partial charge on any atom is 0.306 e. The molecule has 82 heavy (non-hydrogen) atoms. The highest BCUT2D eigenvalue weighted by Crippen LogP contribution is 2.16. The fraction of sp³-hybridized carbons (Fsp3) is 0.645. The summed E-state index contributed by atoms with van der Waals surface area (Å²) >= 11 is 0. The van der Waals surface area contributed by atoms with Gasteiger partial charge in [-0.1, -0.05) is 301 Å². The van der Waals surface area contributed by atoms with E-state index in [9.17, 15) is 14.4 Å². The Balaban J connectivity index is 4.31. The van der Waals surface area contributed by atoms with Crippen LogP contribution >= 0.6 is 0 Å². The second kappa shape index (κ2) is 68.8. The number of unbranched alkanes of at least 4 members (excludes halogenated alkanes) is 25. The van der Waals surface area contributed by atoms with E-state index in [1.165, 1.54) is 109 Å². The second-order valence-electron chi connectivity index (χ2n) is 22.0. The van der Waals surface area contributed by atoms with Crippen molar-refractivity contribution in [3.05, 3.63) is 146 Å². The van der Waals surface area contributed by atoms with Crippen LogP contribution in [0, 0.1) is 0 Å². The molecule has 0 radical (unpaired) electrons. The highest BCUT2D eigenvalue weighted by molar-refractivity contribution is 5.71. The smallest absolute Gasteiger partial charge is 0.306 e. The lowest BCUT2D eigenvalue weighted by molar-refractivity contribution is -0.167. The Kier molecular flexibility index (Phi) is 64.8. The van der Waals surface area contributed by atoms with Crippen LogP contribution in [0.5, 0.6) is 0 Å². The van der Waals surface area contributed by atoms with Crippen molar-refractivity contribution >= 4 is 17.9 Å². The summed E-state index contributed by atoms with van der Waals surface area (Å²) in [5.41, 5.74) is 0. The number of rotatable bonds is 60. The first kappa shape index (κ1) is 77.3. The van der Waals surface area contributed by atoms with Crippen molar-refractivity contribution in [2.45, 2.75) is 303 Å². The predicted octanol–water partition coefficient (Wildman–Crippen LogP) is 23.5. The molecule has 464 valence electrons. The molecule has 0 aromatic carbocycles. The van der Waals surface area contributed by atoms with Gasteiger partial charge in [0.15, 0.2) is 6.10 Å². The summed E-state index contributed by atoms with van der Waals surface area (Å²) in [6.07, 6.45) is 98.6. The van der Waals surface area contributed by atoms with Gasteiger partial charge in [0.25, 0.3) is 0 Å². The number of carbonyl (C=O) groups is 3. The van der Waals surface area contributed by atoms with Gasteiger partial charge in [0.1, 0.15) is 13.2 Å². The average Bonchev–Trinajstić information content (AvgIpc) is 3.48. The van der Waals surface area contributed by atoms with Crippen molar-refractivity contribution in [2.24, 2.45) is 0 Å². The fourth-order valence-electron chi connectivity index (χ4n) is 9.10. The maximum atomic E-state index is 12.9. The Bertz CT molecular complexity index is 1780. The van der Waals surface area contributed by atoms with E-state index < -0.39 is 6.10 Å². The number of ether oxygens (including phenoxy) is 3. The molecule has 0 aliphatic carbocycles. The summed E-state index contributed by atoms with van der Waals surface area (Å²) in [6.45, 7) is 6.39. The van der Waals surface area contributed by atoms with E-state index in [0.717, 1.165) is 148 Å². The monoisotopic (exact) mass is 1130 g/mol. The third kappa shape index (κ3) is 66.1.